The molecule has 0 aliphatic heterocycles. The van der Waals surface area contributed by atoms with E-state index >= 15 is 0 Å². The molecular weight excluding hydrogens is 182 g/mol. The van der Waals surface area contributed by atoms with Crippen LogP contribution < -0.4 is 10.6 Å². The predicted octanol–water partition coefficient (Wildman–Crippen LogP) is 0.493. The number of rotatable bonds is 3. The molecule has 1 aromatic rings. The summed E-state index contributed by atoms with van der Waals surface area (Å²) in [6.07, 6.45) is 1.63. The van der Waals surface area contributed by atoms with E-state index in [9.17, 15) is 4.79 Å². The SMILES string of the molecule is Cc1cnc(N(C)CC(=O)O)cc1N. The van der Waals surface area contributed by atoms with E-state index in [1.807, 2.05) is 6.92 Å². The summed E-state index contributed by atoms with van der Waals surface area (Å²) in [5.41, 5.74) is 7.18. The number of nitrogen functional groups attached to an aromatic ring is 1. The highest BCUT2D eigenvalue weighted by molar-refractivity contribution is 5.73. The summed E-state index contributed by atoms with van der Waals surface area (Å²) in [4.78, 5) is 16.0. The number of hydrogen-bond acceptors (Lipinski definition) is 4. The summed E-state index contributed by atoms with van der Waals surface area (Å²) >= 11 is 0. The van der Waals surface area contributed by atoms with Crippen LogP contribution in [0.3, 0.4) is 0 Å². The Morgan fingerprint density at radius 1 is 1.71 bits per heavy atom. The van der Waals surface area contributed by atoms with Crippen molar-refractivity contribution in [3.63, 3.8) is 0 Å². The van der Waals surface area contributed by atoms with Crippen LogP contribution in [0.4, 0.5) is 11.5 Å². The second-order valence-corrected chi connectivity index (χ2v) is 3.15. The average molecular weight is 195 g/mol. The lowest BCUT2D eigenvalue weighted by Gasteiger charge is -2.16. The normalized spacial score (nSPS) is 9.86. The van der Waals surface area contributed by atoms with Gasteiger partial charge in [0.2, 0.25) is 0 Å². The molecule has 0 saturated carbocycles. The maximum absolute atomic E-state index is 10.4. The Bertz CT molecular complexity index is 352. The molecule has 1 rings (SSSR count). The zero-order valence-electron chi connectivity index (χ0n) is 8.19. The number of carboxylic acids is 1. The van der Waals surface area contributed by atoms with Crippen LogP contribution in [0.5, 0.6) is 0 Å². The molecule has 14 heavy (non-hydrogen) atoms. The van der Waals surface area contributed by atoms with Gasteiger partial charge in [-0.2, -0.15) is 0 Å². The summed E-state index contributed by atoms with van der Waals surface area (Å²) in [7, 11) is 1.66. The number of nitrogens with two attached hydrogens (primary N) is 1. The van der Waals surface area contributed by atoms with Crippen molar-refractivity contribution in [1.29, 1.82) is 0 Å². The van der Waals surface area contributed by atoms with Crippen LogP contribution in [-0.4, -0.2) is 29.7 Å². The fourth-order valence-electron chi connectivity index (χ4n) is 1.02. The van der Waals surface area contributed by atoms with Crippen molar-refractivity contribution >= 4 is 17.5 Å². The van der Waals surface area contributed by atoms with Crippen LogP contribution >= 0.6 is 0 Å². The van der Waals surface area contributed by atoms with Gasteiger partial charge in [0.05, 0.1) is 0 Å². The quantitative estimate of drug-likeness (QED) is 0.733. The first-order valence-electron chi connectivity index (χ1n) is 4.15. The molecule has 5 heteroatoms. The topological polar surface area (TPSA) is 79.5 Å². The minimum atomic E-state index is -0.895. The molecule has 0 spiro atoms. The molecule has 1 heterocycles. The number of carbonyl (C=O) groups is 1. The Morgan fingerprint density at radius 3 is 2.86 bits per heavy atom. The van der Waals surface area contributed by atoms with Gasteiger partial charge < -0.3 is 15.7 Å². The number of likely N-dealkylation sites (N-methyl/N-ethyl adjacent to an activating group) is 1. The largest absolute Gasteiger partial charge is 0.480 e. The Hall–Kier alpha value is -1.78. The Morgan fingerprint density at radius 2 is 2.36 bits per heavy atom. The number of aromatic nitrogens is 1. The maximum Gasteiger partial charge on any atom is 0.323 e. The third-order valence-electron chi connectivity index (χ3n) is 1.89. The van der Waals surface area contributed by atoms with E-state index < -0.39 is 5.97 Å². The van der Waals surface area contributed by atoms with Crippen molar-refractivity contribution in [1.82, 2.24) is 4.98 Å². The molecule has 0 bridgehead atoms. The summed E-state index contributed by atoms with van der Waals surface area (Å²) in [6, 6.07) is 1.66. The van der Waals surface area contributed by atoms with Gasteiger partial charge in [-0.3, -0.25) is 4.79 Å². The molecule has 76 valence electrons. The van der Waals surface area contributed by atoms with Crippen molar-refractivity contribution in [2.24, 2.45) is 0 Å². The van der Waals surface area contributed by atoms with Gasteiger partial charge in [-0.25, -0.2) is 4.98 Å². The van der Waals surface area contributed by atoms with E-state index in [1.54, 1.807) is 19.3 Å². The van der Waals surface area contributed by atoms with Crippen molar-refractivity contribution in [2.45, 2.75) is 6.92 Å². The minimum absolute atomic E-state index is 0.0878. The van der Waals surface area contributed by atoms with Crippen LogP contribution in [0.25, 0.3) is 0 Å². The van der Waals surface area contributed by atoms with Gasteiger partial charge in [0.25, 0.3) is 0 Å². The van der Waals surface area contributed by atoms with E-state index in [1.165, 1.54) is 4.90 Å². The molecule has 1 aromatic heterocycles. The number of aliphatic carboxylic acids is 1. The third-order valence-corrected chi connectivity index (χ3v) is 1.89. The van der Waals surface area contributed by atoms with Crippen LogP contribution in [0, 0.1) is 6.92 Å². The molecule has 0 aliphatic rings. The summed E-state index contributed by atoms with van der Waals surface area (Å²) in [6.45, 7) is 1.76. The smallest absolute Gasteiger partial charge is 0.323 e. The van der Waals surface area contributed by atoms with Gasteiger partial charge in [-0.15, -0.1) is 0 Å². The van der Waals surface area contributed by atoms with E-state index in [-0.39, 0.29) is 6.54 Å². The van der Waals surface area contributed by atoms with Crippen molar-refractivity contribution in [2.75, 3.05) is 24.2 Å². The second-order valence-electron chi connectivity index (χ2n) is 3.15. The van der Waals surface area contributed by atoms with E-state index in [2.05, 4.69) is 4.98 Å². The monoisotopic (exact) mass is 195 g/mol. The number of hydrogen-bond donors (Lipinski definition) is 2. The molecule has 0 aromatic carbocycles. The molecule has 0 fully saturated rings. The summed E-state index contributed by atoms with van der Waals surface area (Å²) in [5.74, 6) is -0.330. The number of anilines is 2. The predicted molar refractivity (Wildman–Crippen MR) is 54.3 cm³/mol. The Balaban J connectivity index is 2.85. The fraction of sp³-hybridized carbons (Fsp3) is 0.333. The lowest BCUT2D eigenvalue weighted by atomic mass is 10.2. The molecule has 3 N–H and O–H groups in total. The van der Waals surface area contributed by atoms with E-state index in [0.29, 0.717) is 11.5 Å². The standard InChI is InChI=1S/C9H13N3O2/c1-6-4-11-8(3-7(6)10)12(2)5-9(13)14/h3-4H,5H2,1-2H3,(H2,10,11)(H,13,14). The van der Waals surface area contributed by atoms with Crippen LogP contribution in [0.2, 0.25) is 0 Å². The minimum Gasteiger partial charge on any atom is -0.480 e. The van der Waals surface area contributed by atoms with Crippen molar-refractivity contribution in [3.05, 3.63) is 17.8 Å². The van der Waals surface area contributed by atoms with E-state index in [0.717, 1.165) is 5.56 Å². The molecule has 0 saturated heterocycles. The second kappa shape index (κ2) is 3.95. The first-order valence-corrected chi connectivity index (χ1v) is 4.15. The number of aryl methyl sites for hydroxylation is 1. The van der Waals surface area contributed by atoms with Crippen molar-refractivity contribution in [3.8, 4) is 0 Å². The summed E-state index contributed by atoms with van der Waals surface area (Å²) < 4.78 is 0. The third kappa shape index (κ3) is 2.35. The Labute approximate surface area is 82.2 Å². The average Bonchev–Trinajstić information content (AvgIpc) is 2.08. The first kappa shape index (κ1) is 10.3. The highest BCUT2D eigenvalue weighted by Crippen LogP contribution is 2.15. The molecule has 0 radical (unpaired) electrons. The Kier molecular flexibility index (Phi) is 2.91. The van der Waals surface area contributed by atoms with E-state index in [4.69, 9.17) is 10.8 Å². The van der Waals surface area contributed by atoms with Gasteiger partial charge >= 0.3 is 5.97 Å². The zero-order chi connectivity index (χ0) is 10.7. The van der Waals surface area contributed by atoms with Crippen LogP contribution in [-0.2, 0) is 4.79 Å². The van der Waals surface area contributed by atoms with Gasteiger partial charge in [0, 0.05) is 25.0 Å². The zero-order valence-corrected chi connectivity index (χ0v) is 8.19. The van der Waals surface area contributed by atoms with Gasteiger partial charge in [0.15, 0.2) is 0 Å². The molecule has 0 amide bonds. The van der Waals surface area contributed by atoms with Gasteiger partial charge in [0.1, 0.15) is 12.4 Å². The lowest BCUT2D eigenvalue weighted by molar-refractivity contribution is -0.135. The molecular formula is C9H13N3O2. The van der Waals surface area contributed by atoms with Crippen LogP contribution in [0.1, 0.15) is 5.56 Å². The van der Waals surface area contributed by atoms with Gasteiger partial charge in [-0.05, 0) is 12.5 Å². The molecule has 5 nitrogen and oxygen atoms in total. The fourth-order valence-corrected chi connectivity index (χ4v) is 1.02. The number of nitrogens with zero attached hydrogens (tertiary/aromatic N) is 2. The summed E-state index contributed by atoms with van der Waals surface area (Å²) in [5, 5.41) is 8.57. The first-order chi connectivity index (χ1) is 6.50. The van der Waals surface area contributed by atoms with Crippen molar-refractivity contribution < 1.29 is 9.90 Å². The van der Waals surface area contributed by atoms with Crippen LogP contribution in [0.15, 0.2) is 12.3 Å². The number of carboxylic acid groups (broad SMARTS) is 1. The highest BCUT2D eigenvalue weighted by atomic mass is 16.4. The molecule has 0 atom stereocenters. The van der Waals surface area contributed by atoms with Gasteiger partial charge in [-0.1, -0.05) is 0 Å². The lowest BCUT2D eigenvalue weighted by Crippen LogP contribution is -2.26. The molecule has 0 aliphatic carbocycles. The number of pyridine rings is 1. The maximum atomic E-state index is 10.4. The molecule has 0 unspecified atom stereocenters. The highest BCUT2D eigenvalue weighted by Gasteiger charge is 2.07.